The van der Waals surface area contributed by atoms with Gasteiger partial charge in [-0.05, 0) is 25.7 Å². The van der Waals surface area contributed by atoms with Crippen LogP contribution in [0.3, 0.4) is 0 Å². The lowest BCUT2D eigenvalue weighted by Gasteiger charge is -2.51. The van der Waals surface area contributed by atoms with Gasteiger partial charge in [-0.1, -0.05) is 6.92 Å². The van der Waals surface area contributed by atoms with Gasteiger partial charge in [0.2, 0.25) is 0 Å². The molecule has 2 aliphatic heterocycles. The molecular formula is C16H26O7. The van der Waals surface area contributed by atoms with Crippen LogP contribution in [0, 0.1) is 11.8 Å². The lowest BCUT2D eigenvalue weighted by atomic mass is 9.73. The summed E-state index contributed by atoms with van der Waals surface area (Å²) in [5.41, 5.74) is -0.839. The summed E-state index contributed by atoms with van der Waals surface area (Å²) in [7, 11) is 0. The number of hydrogen-bond acceptors (Lipinski definition) is 7. The molecule has 8 atom stereocenters. The molecule has 0 aromatic heterocycles. The standard InChI is InChI=1S/C16H26O7/c1-8-3-4-9(10(18)5-8)16(2)7-21-15-14(23-16)13(20)12(19)11(6-17)22-15/h8-9,11-15,17,19-20H,3-7H2,1-2H3/t8-,9-,11-,12-,13+,14+,15-,16-/m1/s1. The molecule has 1 saturated carbocycles. The zero-order chi connectivity index (χ0) is 16.8. The van der Waals surface area contributed by atoms with Gasteiger partial charge >= 0.3 is 0 Å². The van der Waals surface area contributed by atoms with Gasteiger partial charge in [0.05, 0.1) is 18.8 Å². The van der Waals surface area contributed by atoms with Crippen LogP contribution >= 0.6 is 0 Å². The number of fused-ring (bicyclic) bond motifs is 1. The Hall–Kier alpha value is -0.570. The van der Waals surface area contributed by atoms with E-state index in [1.165, 1.54) is 0 Å². The first kappa shape index (κ1) is 17.3. The highest BCUT2D eigenvalue weighted by molar-refractivity contribution is 5.83. The Morgan fingerprint density at radius 3 is 2.65 bits per heavy atom. The Morgan fingerprint density at radius 1 is 1.26 bits per heavy atom. The fourth-order valence-electron chi connectivity index (χ4n) is 3.94. The maximum Gasteiger partial charge on any atom is 0.187 e. The van der Waals surface area contributed by atoms with Gasteiger partial charge in [0.1, 0.15) is 30.2 Å². The molecule has 2 heterocycles. The van der Waals surface area contributed by atoms with Crippen LogP contribution in [0.25, 0.3) is 0 Å². The molecule has 3 aliphatic rings. The van der Waals surface area contributed by atoms with E-state index in [1.54, 1.807) is 0 Å². The summed E-state index contributed by atoms with van der Waals surface area (Å²) in [6, 6.07) is 0. The van der Waals surface area contributed by atoms with E-state index in [0.29, 0.717) is 12.3 Å². The van der Waals surface area contributed by atoms with Crippen LogP contribution in [0.15, 0.2) is 0 Å². The molecule has 7 heteroatoms. The van der Waals surface area contributed by atoms with Gasteiger partial charge in [0.25, 0.3) is 0 Å². The van der Waals surface area contributed by atoms with Gasteiger partial charge in [0.15, 0.2) is 6.29 Å². The molecule has 2 saturated heterocycles. The van der Waals surface area contributed by atoms with Crippen LogP contribution in [-0.2, 0) is 19.0 Å². The summed E-state index contributed by atoms with van der Waals surface area (Å²) >= 11 is 0. The van der Waals surface area contributed by atoms with E-state index in [-0.39, 0.29) is 18.3 Å². The zero-order valence-electron chi connectivity index (χ0n) is 13.6. The van der Waals surface area contributed by atoms with Crippen LogP contribution in [0.1, 0.15) is 33.1 Å². The predicted molar refractivity (Wildman–Crippen MR) is 78.5 cm³/mol. The smallest absolute Gasteiger partial charge is 0.187 e. The van der Waals surface area contributed by atoms with Crippen molar-refractivity contribution in [3.05, 3.63) is 0 Å². The number of carbonyl (C=O) groups excluding carboxylic acids is 1. The number of ether oxygens (including phenoxy) is 3. The third-order valence-electron chi connectivity index (χ3n) is 5.39. The second kappa shape index (κ2) is 6.38. The molecule has 0 aromatic carbocycles. The lowest BCUT2D eigenvalue weighted by Crippen LogP contribution is -2.67. The highest BCUT2D eigenvalue weighted by atomic mass is 16.7. The second-order valence-corrected chi connectivity index (χ2v) is 7.32. The van der Waals surface area contributed by atoms with E-state index in [0.717, 1.165) is 12.8 Å². The Labute approximate surface area is 135 Å². The van der Waals surface area contributed by atoms with E-state index in [2.05, 4.69) is 6.92 Å². The number of hydrogen-bond donors (Lipinski definition) is 3. The number of aliphatic hydroxyl groups excluding tert-OH is 3. The molecule has 0 unspecified atom stereocenters. The summed E-state index contributed by atoms with van der Waals surface area (Å²) in [6.07, 6.45) is -2.90. The van der Waals surface area contributed by atoms with Gasteiger partial charge in [-0.15, -0.1) is 0 Å². The van der Waals surface area contributed by atoms with Crippen LogP contribution in [0.4, 0.5) is 0 Å². The number of Topliss-reactive ketones (excluding diaryl/α,β-unsaturated/α-hetero) is 1. The van der Waals surface area contributed by atoms with Gasteiger partial charge in [-0.2, -0.15) is 0 Å². The lowest BCUT2D eigenvalue weighted by molar-refractivity contribution is -0.371. The fraction of sp³-hybridized carbons (Fsp3) is 0.938. The molecule has 0 aromatic rings. The van der Waals surface area contributed by atoms with Crippen molar-refractivity contribution in [3.8, 4) is 0 Å². The van der Waals surface area contributed by atoms with Crippen molar-refractivity contribution in [1.82, 2.24) is 0 Å². The van der Waals surface area contributed by atoms with E-state index in [9.17, 15) is 20.1 Å². The van der Waals surface area contributed by atoms with Gasteiger partial charge in [-0.25, -0.2) is 0 Å². The molecule has 23 heavy (non-hydrogen) atoms. The molecule has 0 radical (unpaired) electrons. The molecule has 0 spiro atoms. The normalized spacial score (nSPS) is 51.3. The minimum absolute atomic E-state index is 0.160. The van der Waals surface area contributed by atoms with Crippen molar-refractivity contribution in [1.29, 1.82) is 0 Å². The molecule has 3 rings (SSSR count). The molecular weight excluding hydrogens is 304 g/mol. The van der Waals surface area contributed by atoms with E-state index in [1.807, 2.05) is 6.92 Å². The number of aliphatic hydroxyl groups is 3. The Balaban J connectivity index is 1.74. The van der Waals surface area contributed by atoms with Gasteiger partial charge < -0.3 is 29.5 Å². The van der Waals surface area contributed by atoms with Crippen molar-refractivity contribution in [3.63, 3.8) is 0 Å². The molecule has 3 fully saturated rings. The predicted octanol–water partition coefficient (Wildman–Crippen LogP) is -0.395. The molecule has 132 valence electrons. The largest absolute Gasteiger partial charge is 0.394 e. The Morgan fingerprint density at radius 2 is 2.00 bits per heavy atom. The van der Waals surface area contributed by atoms with Crippen LogP contribution in [-0.4, -0.2) is 70.6 Å². The third-order valence-corrected chi connectivity index (χ3v) is 5.39. The molecule has 0 bridgehead atoms. The Bertz CT molecular complexity index is 454. The molecule has 7 nitrogen and oxygen atoms in total. The molecule has 0 amide bonds. The second-order valence-electron chi connectivity index (χ2n) is 7.32. The van der Waals surface area contributed by atoms with Crippen LogP contribution in [0.2, 0.25) is 0 Å². The van der Waals surface area contributed by atoms with Crippen molar-refractivity contribution < 1.29 is 34.3 Å². The quantitative estimate of drug-likeness (QED) is 0.633. The third kappa shape index (κ3) is 3.06. The number of rotatable bonds is 2. The van der Waals surface area contributed by atoms with E-state index in [4.69, 9.17) is 14.2 Å². The summed E-state index contributed by atoms with van der Waals surface area (Å²) in [6.45, 7) is 3.65. The highest BCUT2D eigenvalue weighted by Gasteiger charge is 2.54. The average molecular weight is 330 g/mol. The number of ketones is 1. The summed E-state index contributed by atoms with van der Waals surface area (Å²) in [5.74, 6) is 0.267. The summed E-state index contributed by atoms with van der Waals surface area (Å²) < 4.78 is 17.2. The van der Waals surface area contributed by atoms with Crippen molar-refractivity contribution >= 4 is 5.78 Å². The van der Waals surface area contributed by atoms with E-state index >= 15 is 0 Å². The first-order chi connectivity index (χ1) is 10.9. The van der Waals surface area contributed by atoms with Crippen molar-refractivity contribution in [2.45, 2.75) is 69.4 Å². The first-order valence-electron chi connectivity index (χ1n) is 8.30. The minimum Gasteiger partial charge on any atom is -0.394 e. The first-order valence-corrected chi connectivity index (χ1v) is 8.30. The van der Waals surface area contributed by atoms with Gasteiger partial charge in [-0.3, -0.25) is 4.79 Å². The highest BCUT2D eigenvalue weighted by Crippen LogP contribution is 2.41. The SMILES string of the molecule is C[C@@H]1CC[C@@H]([C@@]2(C)CO[C@@H]3O[C@H](CO)[C@@H](O)[C@H](O)[C@@H]3O2)C(=O)C1. The summed E-state index contributed by atoms with van der Waals surface area (Å²) in [4.78, 5) is 12.4. The monoisotopic (exact) mass is 330 g/mol. The van der Waals surface area contributed by atoms with E-state index < -0.39 is 42.9 Å². The zero-order valence-corrected chi connectivity index (χ0v) is 13.6. The maximum absolute atomic E-state index is 12.4. The minimum atomic E-state index is -1.26. The van der Waals surface area contributed by atoms with Crippen LogP contribution < -0.4 is 0 Å². The topological polar surface area (TPSA) is 105 Å². The van der Waals surface area contributed by atoms with Crippen LogP contribution in [0.5, 0.6) is 0 Å². The average Bonchev–Trinajstić information content (AvgIpc) is 2.51. The Kier molecular flexibility index (Phi) is 4.79. The molecule has 1 aliphatic carbocycles. The molecule has 3 N–H and O–H groups in total. The van der Waals surface area contributed by atoms with Crippen molar-refractivity contribution in [2.75, 3.05) is 13.2 Å². The van der Waals surface area contributed by atoms with Gasteiger partial charge in [0, 0.05) is 12.3 Å². The maximum atomic E-state index is 12.4. The fourth-order valence-corrected chi connectivity index (χ4v) is 3.94. The number of carbonyl (C=O) groups is 1. The van der Waals surface area contributed by atoms with Crippen molar-refractivity contribution in [2.24, 2.45) is 11.8 Å². The summed E-state index contributed by atoms with van der Waals surface area (Å²) in [5, 5.41) is 29.5.